The van der Waals surface area contributed by atoms with E-state index in [0.717, 1.165) is 12.8 Å². The molecule has 1 unspecified atom stereocenters. The largest absolute Gasteiger partial charge is 0.232 e. The molecule has 0 radical (unpaired) electrons. The van der Waals surface area contributed by atoms with Crippen LogP contribution >= 0.6 is 11.3 Å². The van der Waals surface area contributed by atoms with Crippen LogP contribution in [0.3, 0.4) is 0 Å². The predicted molar refractivity (Wildman–Crippen MR) is 76.5 cm³/mol. The second-order valence-electron chi connectivity index (χ2n) is 3.88. The van der Waals surface area contributed by atoms with Gasteiger partial charge in [0.25, 0.3) is 0 Å². The molecule has 0 saturated heterocycles. The van der Waals surface area contributed by atoms with Crippen molar-refractivity contribution in [3.05, 3.63) is 35.7 Å². The van der Waals surface area contributed by atoms with Crippen molar-refractivity contribution in [2.24, 2.45) is 0 Å². The Morgan fingerprint density at radius 1 is 1.24 bits per heavy atom. The number of rotatable bonds is 3. The fourth-order valence-corrected chi connectivity index (χ4v) is 2.69. The lowest BCUT2D eigenvalue weighted by Gasteiger charge is -1.96. The molecule has 4 heteroatoms. The number of hydrogen-bond donors (Lipinski definition) is 1. The van der Waals surface area contributed by atoms with Gasteiger partial charge >= 0.3 is 0 Å². The van der Waals surface area contributed by atoms with Crippen LogP contribution in [0.25, 0.3) is 10.1 Å². The lowest BCUT2D eigenvalue weighted by Crippen LogP contribution is -2.01. The summed E-state index contributed by atoms with van der Waals surface area (Å²) in [5.41, 5.74) is 0. The molecule has 1 atom stereocenters. The number of fused-ring (bicyclic) bond motifs is 1. The normalized spacial score (nSPS) is 12.2. The van der Waals surface area contributed by atoms with Gasteiger partial charge in [0.05, 0.1) is 5.25 Å². The first kappa shape index (κ1) is 14.2. The maximum atomic E-state index is 10.1. The zero-order chi connectivity index (χ0) is 12.7. The molecule has 2 rings (SSSR count). The van der Waals surface area contributed by atoms with Gasteiger partial charge in [0.2, 0.25) is 0 Å². The lowest BCUT2D eigenvalue weighted by atomic mass is 10.3. The van der Waals surface area contributed by atoms with Gasteiger partial charge in [0.1, 0.15) is 10.7 Å². The van der Waals surface area contributed by atoms with Crippen LogP contribution in [-0.4, -0.2) is 13.7 Å². The van der Waals surface area contributed by atoms with Crippen LogP contribution < -0.4 is 0 Å². The minimum Gasteiger partial charge on any atom is -0.232 e. The van der Waals surface area contributed by atoms with Crippen LogP contribution in [0.4, 0.5) is 0 Å². The maximum absolute atomic E-state index is 10.1. The third-order valence-electron chi connectivity index (χ3n) is 2.43. The minimum absolute atomic E-state index is 0.130. The summed E-state index contributed by atoms with van der Waals surface area (Å²) < 4.78 is 21.6. The highest BCUT2D eigenvalue weighted by molar-refractivity contribution is 7.73. The summed E-state index contributed by atoms with van der Waals surface area (Å²) in [6, 6.07) is 10.5. The van der Waals surface area contributed by atoms with Crippen molar-refractivity contribution in [3.8, 4) is 0 Å². The standard InChI is InChI=1S/C8H6S.C5H12O2S/c1-2-4-8-7(3-1)5-6-9-8;1-3-4-5(2)8(6)7/h1-6H;5,8H,3-4H2,1-2H3. The van der Waals surface area contributed by atoms with Gasteiger partial charge in [-0.1, -0.05) is 31.5 Å². The highest BCUT2D eigenvalue weighted by Gasteiger charge is 1.99. The van der Waals surface area contributed by atoms with Crippen LogP contribution in [0.2, 0.25) is 0 Å². The van der Waals surface area contributed by atoms with Gasteiger partial charge in [-0.05, 0) is 36.2 Å². The van der Waals surface area contributed by atoms with Crippen LogP contribution in [0.15, 0.2) is 35.7 Å². The molecule has 0 bridgehead atoms. The molecular weight excluding hydrogens is 252 g/mol. The molecule has 1 aromatic heterocycles. The molecule has 0 spiro atoms. The molecule has 0 aliphatic carbocycles. The van der Waals surface area contributed by atoms with Crippen molar-refractivity contribution in [3.63, 3.8) is 0 Å². The molecule has 1 aromatic carbocycles. The van der Waals surface area contributed by atoms with Gasteiger partial charge in [-0.15, -0.1) is 11.3 Å². The second-order valence-corrected chi connectivity index (χ2v) is 6.28. The van der Waals surface area contributed by atoms with Gasteiger partial charge in [0.15, 0.2) is 0 Å². The van der Waals surface area contributed by atoms with E-state index in [0.29, 0.717) is 0 Å². The maximum Gasteiger partial charge on any atom is 0.142 e. The van der Waals surface area contributed by atoms with Crippen LogP contribution in [0.1, 0.15) is 26.7 Å². The van der Waals surface area contributed by atoms with Crippen molar-refractivity contribution < 1.29 is 8.42 Å². The highest BCUT2D eigenvalue weighted by Crippen LogP contribution is 2.18. The molecule has 0 aliphatic heterocycles. The number of thiol groups is 1. The molecule has 0 amide bonds. The van der Waals surface area contributed by atoms with E-state index in [1.54, 1.807) is 18.3 Å². The molecule has 0 N–H and O–H groups in total. The van der Waals surface area contributed by atoms with E-state index < -0.39 is 10.7 Å². The summed E-state index contributed by atoms with van der Waals surface area (Å²) in [6.45, 7) is 3.71. The van der Waals surface area contributed by atoms with Crippen molar-refractivity contribution in [2.75, 3.05) is 0 Å². The average Bonchev–Trinajstić information content (AvgIpc) is 2.78. The first-order valence-corrected chi connectivity index (χ1v) is 7.83. The lowest BCUT2D eigenvalue weighted by molar-refractivity contribution is 0.596. The van der Waals surface area contributed by atoms with E-state index in [2.05, 4.69) is 35.7 Å². The fraction of sp³-hybridized carbons (Fsp3) is 0.385. The molecule has 0 saturated carbocycles. The SMILES string of the molecule is CCCC(C)[SH](=O)=O.c1ccc2sccc2c1. The highest BCUT2D eigenvalue weighted by atomic mass is 32.2. The molecular formula is C13H18O2S2. The number of benzene rings is 1. The second kappa shape index (κ2) is 7.45. The Labute approximate surface area is 108 Å². The first-order valence-electron chi connectivity index (χ1n) is 5.71. The molecule has 17 heavy (non-hydrogen) atoms. The Morgan fingerprint density at radius 3 is 2.47 bits per heavy atom. The Hall–Kier alpha value is -0.870. The Morgan fingerprint density at radius 2 is 1.94 bits per heavy atom. The third kappa shape index (κ3) is 4.88. The topological polar surface area (TPSA) is 34.1 Å². The molecule has 2 aromatic rings. The third-order valence-corrected chi connectivity index (χ3v) is 4.30. The smallest absolute Gasteiger partial charge is 0.142 e. The molecule has 1 heterocycles. The molecule has 94 valence electrons. The van der Waals surface area contributed by atoms with Crippen molar-refractivity contribution in [2.45, 2.75) is 31.9 Å². The van der Waals surface area contributed by atoms with E-state index in [1.165, 1.54) is 10.1 Å². The monoisotopic (exact) mass is 270 g/mol. The van der Waals surface area contributed by atoms with Gasteiger partial charge in [-0.25, -0.2) is 8.42 Å². The summed E-state index contributed by atoms with van der Waals surface area (Å²) >= 11 is 1.79. The average molecular weight is 270 g/mol. The Balaban J connectivity index is 0.000000172. The quantitative estimate of drug-likeness (QED) is 0.863. The number of thiophene rings is 1. The summed E-state index contributed by atoms with van der Waals surface area (Å²) in [5.74, 6) is 0. The van der Waals surface area contributed by atoms with Gasteiger partial charge < -0.3 is 0 Å². The number of hydrogen-bond acceptors (Lipinski definition) is 3. The summed E-state index contributed by atoms with van der Waals surface area (Å²) in [6.07, 6.45) is 1.74. The first-order chi connectivity index (χ1) is 8.15. The van der Waals surface area contributed by atoms with Gasteiger partial charge in [-0.2, -0.15) is 0 Å². The zero-order valence-electron chi connectivity index (χ0n) is 10.1. The van der Waals surface area contributed by atoms with E-state index in [-0.39, 0.29) is 5.25 Å². The van der Waals surface area contributed by atoms with Crippen LogP contribution in [0.5, 0.6) is 0 Å². The zero-order valence-corrected chi connectivity index (χ0v) is 11.8. The molecule has 0 fully saturated rings. The van der Waals surface area contributed by atoms with E-state index in [9.17, 15) is 8.42 Å². The van der Waals surface area contributed by atoms with E-state index in [1.807, 2.05) is 6.92 Å². The summed E-state index contributed by atoms with van der Waals surface area (Å²) in [4.78, 5) is 0. The van der Waals surface area contributed by atoms with Crippen LogP contribution in [-0.2, 0) is 10.7 Å². The minimum atomic E-state index is -2.17. The van der Waals surface area contributed by atoms with Crippen molar-refractivity contribution in [1.29, 1.82) is 0 Å². The van der Waals surface area contributed by atoms with E-state index >= 15 is 0 Å². The molecule has 0 aliphatic rings. The van der Waals surface area contributed by atoms with Crippen molar-refractivity contribution in [1.82, 2.24) is 0 Å². The molecule has 2 nitrogen and oxygen atoms in total. The van der Waals surface area contributed by atoms with Crippen molar-refractivity contribution >= 4 is 32.1 Å². The predicted octanol–water partition coefficient (Wildman–Crippen LogP) is 3.69. The Kier molecular flexibility index (Phi) is 6.22. The fourth-order valence-electron chi connectivity index (χ4n) is 1.43. The van der Waals surface area contributed by atoms with Crippen LogP contribution in [0, 0.1) is 0 Å². The Bertz CT molecular complexity index is 477. The van der Waals surface area contributed by atoms with Gasteiger partial charge in [0, 0.05) is 4.70 Å². The summed E-state index contributed by atoms with van der Waals surface area (Å²) in [7, 11) is -2.17. The van der Waals surface area contributed by atoms with E-state index in [4.69, 9.17) is 0 Å². The van der Waals surface area contributed by atoms with Gasteiger partial charge in [-0.3, -0.25) is 0 Å². The summed E-state index contributed by atoms with van der Waals surface area (Å²) in [5, 5.41) is 3.34.